The summed E-state index contributed by atoms with van der Waals surface area (Å²) < 4.78 is 10.6. The number of hydrogen-bond acceptors (Lipinski definition) is 5. The Morgan fingerprint density at radius 1 is 1.32 bits per heavy atom. The zero-order valence-electron chi connectivity index (χ0n) is 16.0. The Kier molecular flexibility index (Phi) is 4.90. The van der Waals surface area contributed by atoms with Crippen LogP contribution in [0.1, 0.15) is 35.6 Å². The molecule has 1 aliphatic rings. The number of fused-ring (bicyclic) bond motifs is 1. The molecule has 0 aliphatic carbocycles. The number of carbonyl (C=O) groups is 1. The van der Waals surface area contributed by atoms with Crippen LogP contribution >= 0.6 is 0 Å². The first kappa shape index (κ1) is 18.3. The first-order valence-electron chi connectivity index (χ1n) is 9.44. The Hall–Kier alpha value is -3.09. The Balaban J connectivity index is 1.50. The van der Waals surface area contributed by atoms with Crippen molar-refractivity contribution in [2.24, 2.45) is 0 Å². The molecular formula is C21H23N3O4. The van der Waals surface area contributed by atoms with Crippen molar-refractivity contribution in [3.63, 3.8) is 0 Å². The summed E-state index contributed by atoms with van der Waals surface area (Å²) in [7, 11) is 1.56. The lowest BCUT2D eigenvalue weighted by atomic mass is 9.93. The van der Waals surface area contributed by atoms with Gasteiger partial charge in [0.15, 0.2) is 0 Å². The Bertz CT molecular complexity index is 1050. The minimum Gasteiger partial charge on any atom is -0.497 e. The summed E-state index contributed by atoms with van der Waals surface area (Å²) in [5.74, 6) is 0.986. The smallest absolute Gasteiger partial charge is 0.340 e. The zero-order valence-corrected chi connectivity index (χ0v) is 16.0. The normalized spacial score (nSPS) is 15.1. The number of rotatable bonds is 4. The van der Waals surface area contributed by atoms with E-state index in [1.54, 1.807) is 19.4 Å². The molecule has 0 spiro atoms. The lowest BCUT2D eigenvalue weighted by Crippen LogP contribution is -2.39. The first-order valence-corrected chi connectivity index (χ1v) is 9.44. The van der Waals surface area contributed by atoms with Crippen molar-refractivity contribution in [3.8, 4) is 5.75 Å². The first-order chi connectivity index (χ1) is 13.6. The molecule has 3 aromatic rings. The molecule has 0 unspecified atom stereocenters. The number of piperidine rings is 1. The molecule has 7 nitrogen and oxygen atoms in total. The molecule has 1 saturated heterocycles. The summed E-state index contributed by atoms with van der Waals surface area (Å²) in [5, 5.41) is 7.84. The van der Waals surface area contributed by atoms with Crippen molar-refractivity contribution < 1.29 is 13.9 Å². The van der Waals surface area contributed by atoms with Crippen LogP contribution in [-0.2, 0) is 11.2 Å². The molecule has 1 N–H and O–H groups in total. The highest BCUT2D eigenvalue weighted by atomic mass is 16.5. The highest BCUT2D eigenvalue weighted by Gasteiger charge is 2.26. The number of aryl methyl sites for hydroxylation is 1. The molecule has 7 heteroatoms. The third kappa shape index (κ3) is 3.40. The summed E-state index contributed by atoms with van der Waals surface area (Å²) in [4.78, 5) is 27.1. The lowest BCUT2D eigenvalue weighted by Gasteiger charge is -2.31. The van der Waals surface area contributed by atoms with Gasteiger partial charge in [-0.3, -0.25) is 9.89 Å². The Morgan fingerprint density at radius 2 is 2.11 bits per heavy atom. The van der Waals surface area contributed by atoms with E-state index in [-0.39, 0.29) is 12.3 Å². The lowest BCUT2D eigenvalue weighted by molar-refractivity contribution is -0.131. The van der Waals surface area contributed by atoms with Gasteiger partial charge < -0.3 is 14.1 Å². The monoisotopic (exact) mass is 381 g/mol. The average Bonchev–Trinajstić information content (AvgIpc) is 3.25. The summed E-state index contributed by atoms with van der Waals surface area (Å²) in [6.45, 7) is 3.22. The largest absolute Gasteiger partial charge is 0.497 e. The number of hydrogen-bond donors (Lipinski definition) is 1. The van der Waals surface area contributed by atoms with E-state index in [1.165, 1.54) is 0 Å². The quantitative estimate of drug-likeness (QED) is 0.702. The van der Waals surface area contributed by atoms with Crippen molar-refractivity contribution in [3.05, 3.63) is 57.7 Å². The van der Waals surface area contributed by atoms with Gasteiger partial charge in [0, 0.05) is 42.4 Å². The topological polar surface area (TPSA) is 88.4 Å². The number of nitrogens with zero attached hydrogens (tertiary/aromatic N) is 2. The van der Waals surface area contributed by atoms with E-state index >= 15 is 0 Å². The molecule has 1 fully saturated rings. The minimum atomic E-state index is -0.459. The van der Waals surface area contributed by atoms with Gasteiger partial charge in [0.25, 0.3) is 0 Å². The van der Waals surface area contributed by atoms with Crippen molar-refractivity contribution >= 4 is 16.9 Å². The maximum atomic E-state index is 12.8. The number of nitrogens with one attached hydrogen (secondary N) is 1. The van der Waals surface area contributed by atoms with Gasteiger partial charge in [-0.2, -0.15) is 5.10 Å². The molecule has 4 rings (SSSR count). The Morgan fingerprint density at radius 3 is 2.79 bits per heavy atom. The van der Waals surface area contributed by atoms with Gasteiger partial charge in [-0.1, -0.05) is 0 Å². The van der Waals surface area contributed by atoms with Crippen LogP contribution in [-0.4, -0.2) is 41.2 Å². The van der Waals surface area contributed by atoms with E-state index in [2.05, 4.69) is 10.2 Å². The molecular weight excluding hydrogens is 358 g/mol. The Labute approximate surface area is 162 Å². The van der Waals surface area contributed by atoms with Gasteiger partial charge >= 0.3 is 5.63 Å². The van der Waals surface area contributed by atoms with E-state index in [1.807, 2.05) is 30.0 Å². The molecule has 0 bridgehead atoms. The second-order valence-electron chi connectivity index (χ2n) is 7.20. The third-order valence-corrected chi connectivity index (χ3v) is 5.63. The number of likely N-dealkylation sites (tertiary alicyclic amines) is 1. The number of benzene rings is 1. The fraction of sp³-hybridized carbons (Fsp3) is 0.381. The number of aromatic nitrogens is 2. The average molecular weight is 381 g/mol. The van der Waals surface area contributed by atoms with Gasteiger partial charge in [0.05, 0.1) is 19.1 Å². The molecule has 146 valence electrons. The molecule has 2 aromatic heterocycles. The van der Waals surface area contributed by atoms with E-state index in [9.17, 15) is 9.59 Å². The fourth-order valence-corrected chi connectivity index (χ4v) is 3.90. The van der Waals surface area contributed by atoms with E-state index in [0.29, 0.717) is 35.9 Å². The van der Waals surface area contributed by atoms with Crippen LogP contribution in [0.2, 0.25) is 0 Å². The minimum absolute atomic E-state index is 0.0358. The van der Waals surface area contributed by atoms with Crippen LogP contribution in [0.25, 0.3) is 11.0 Å². The predicted octanol–water partition coefficient (Wildman–Crippen LogP) is 2.78. The molecule has 28 heavy (non-hydrogen) atoms. The van der Waals surface area contributed by atoms with E-state index in [4.69, 9.17) is 9.15 Å². The summed E-state index contributed by atoms with van der Waals surface area (Å²) in [6.07, 6.45) is 3.59. The van der Waals surface area contributed by atoms with Crippen molar-refractivity contribution in [1.82, 2.24) is 15.1 Å². The zero-order chi connectivity index (χ0) is 19.7. The molecule has 0 saturated carbocycles. The van der Waals surface area contributed by atoms with Crippen LogP contribution in [0.15, 0.2) is 39.7 Å². The van der Waals surface area contributed by atoms with Gasteiger partial charge in [-0.15, -0.1) is 0 Å². The SMILES string of the molecule is COc1ccc2c(C)c(CC(=O)N3CCC(c4ccn[nH]4)CC3)c(=O)oc2c1. The highest BCUT2D eigenvalue weighted by molar-refractivity contribution is 5.85. The number of carbonyl (C=O) groups excluding carboxylic acids is 1. The van der Waals surface area contributed by atoms with Crippen molar-refractivity contribution in [2.45, 2.75) is 32.1 Å². The van der Waals surface area contributed by atoms with Crippen LogP contribution in [0, 0.1) is 6.92 Å². The van der Waals surface area contributed by atoms with E-state index in [0.717, 1.165) is 29.5 Å². The van der Waals surface area contributed by atoms with Gasteiger partial charge in [0.1, 0.15) is 11.3 Å². The molecule has 1 amide bonds. The third-order valence-electron chi connectivity index (χ3n) is 5.63. The van der Waals surface area contributed by atoms with E-state index < -0.39 is 5.63 Å². The molecule has 1 aliphatic heterocycles. The molecule has 0 radical (unpaired) electrons. The van der Waals surface area contributed by atoms with Crippen molar-refractivity contribution in [2.75, 3.05) is 20.2 Å². The number of aromatic amines is 1. The molecule has 1 aromatic carbocycles. The number of methoxy groups -OCH3 is 1. The van der Waals surface area contributed by atoms with Crippen LogP contribution in [0.4, 0.5) is 0 Å². The maximum absolute atomic E-state index is 12.8. The molecule has 0 atom stereocenters. The number of amides is 1. The highest BCUT2D eigenvalue weighted by Crippen LogP contribution is 2.27. The van der Waals surface area contributed by atoms with Gasteiger partial charge in [-0.25, -0.2) is 4.79 Å². The maximum Gasteiger partial charge on any atom is 0.340 e. The number of H-pyrrole nitrogens is 1. The van der Waals surface area contributed by atoms with Crippen LogP contribution in [0.3, 0.4) is 0 Å². The summed E-state index contributed by atoms with van der Waals surface area (Å²) >= 11 is 0. The summed E-state index contributed by atoms with van der Waals surface area (Å²) in [6, 6.07) is 7.35. The number of ether oxygens (including phenoxy) is 1. The standard InChI is InChI=1S/C21H23N3O4/c1-13-16-4-3-15(27-2)11-19(16)28-21(26)17(13)12-20(25)24-9-6-14(7-10-24)18-5-8-22-23-18/h3-5,8,11,14H,6-7,9-10,12H2,1-2H3,(H,22,23). The van der Waals surface area contributed by atoms with Gasteiger partial charge in [0.2, 0.25) is 5.91 Å². The summed E-state index contributed by atoms with van der Waals surface area (Å²) in [5.41, 5.74) is 2.35. The van der Waals surface area contributed by atoms with Crippen LogP contribution < -0.4 is 10.4 Å². The predicted molar refractivity (Wildman–Crippen MR) is 105 cm³/mol. The fourth-order valence-electron chi connectivity index (χ4n) is 3.90. The molecule has 3 heterocycles. The van der Waals surface area contributed by atoms with Crippen LogP contribution in [0.5, 0.6) is 5.75 Å². The second kappa shape index (κ2) is 7.50. The van der Waals surface area contributed by atoms with Crippen molar-refractivity contribution in [1.29, 1.82) is 0 Å². The van der Waals surface area contributed by atoms with Gasteiger partial charge in [-0.05, 0) is 43.5 Å². The second-order valence-corrected chi connectivity index (χ2v) is 7.20.